The van der Waals surface area contributed by atoms with E-state index in [1.54, 1.807) is 4.90 Å². The average Bonchev–Trinajstić information content (AvgIpc) is 2.33. The second-order valence-corrected chi connectivity index (χ2v) is 4.62. The quantitative estimate of drug-likeness (QED) is 0.801. The van der Waals surface area contributed by atoms with Crippen LogP contribution in [0.5, 0.6) is 0 Å². The number of hydrogen-bond acceptors (Lipinski definition) is 3. The molecule has 1 heterocycles. The topological polar surface area (TPSA) is 66.6 Å². The first-order valence-electron chi connectivity index (χ1n) is 5.87. The lowest BCUT2D eigenvalue weighted by Gasteiger charge is -2.38. The largest absolute Gasteiger partial charge is 0.389 e. The molecule has 0 aliphatic carbocycles. The molecule has 4 heteroatoms. The minimum atomic E-state index is -0.362. The van der Waals surface area contributed by atoms with E-state index >= 15 is 0 Å². The first-order chi connectivity index (χ1) is 8.09. The molecule has 2 unspecified atom stereocenters. The summed E-state index contributed by atoms with van der Waals surface area (Å²) in [5.41, 5.74) is 7.05. The number of aliphatic hydroxyl groups excluding tert-OH is 1. The molecular formula is C13H18N2O2. The van der Waals surface area contributed by atoms with Gasteiger partial charge in [0.15, 0.2) is 0 Å². The standard InChI is InChI=1S/C13H18N2O2/c1-9(13(17)15-7-11(16)8-15)12(14)10-5-3-2-4-6-10/h2-6,9,11-12,16H,7-8,14H2,1H3. The summed E-state index contributed by atoms with van der Waals surface area (Å²) in [4.78, 5) is 13.7. The van der Waals surface area contributed by atoms with Crippen molar-refractivity contribution in [3.05, 3.63) is 35.9 Å². The van der Waals surface area contributed by atoms with Crippen molar-refractivity contribution < 1.29 is 9.90 Å². The number of nitrogens with zero attached hydrogens (tertiary/aromatic N) is 1. The molecule has 0 spiro atoms. The molecule has 4 nitrogen and oxygen atoms in total. The normalized spacial score (nSPS) is 19.6. The number of benzene rings is 1. The van der Waals surface area contributed by atoms with Gasteiger partial charge in [-0.25, -0.2) is 0 Å². The van der Waals surface area contributed by atoms with E-state index in [-0.39, 0.29) is 24.0 Å². The Balaban J connectivity index is 2.00. The molecule has 1 amide bonds. The summed E-state index contributed by atoms with van der Waals surface area (Å²) in [7, 11) is 0. The lowest BCUT2D eigenvalue weighted by atomic mass is 9.93. The summed E-state index contributed by atoms with van der Waals surface area (Å²) < 4.78 is 0. The van der Waals surface area contributed by atoms with E-state index in [9.17, 15) is 9.90 Å². The summed E-state index contributed by atoms with van der Waals surface area (Å²) in [6.45, 7) is 2.71. The number of hydrogen-bond donors (Lipinski definition) is 2. The van der Waals surface area contributed by atoms with Gasteiger partial charge in [0.05, 0.1) is 12.0 Å². The van der Waals surface area contributed by atoms with Crippen LogP contribution in [0.4, 0.5) is 0 Å². The van der Waals surface area contributed by atoms with Crippen molar-refractivity contribution in [2.24, 2.45) is 11.7 Å². The van der Waals surface area contributed by atoms with Crippen LogP contribution in [0.25, 0.3) is 0 Å². The molecule has 92 valence electrons. The Morgan fingerprint density at radius 1 is 1.41 bits per heavy atom. The zero-order valence-corrected chi connectivity index (χ0v) is 9.91. The Labute approximate surface area is 101 Å². The van der Waals surface area contributed by atoms with E-state index < -0.39 is 0 Å². The van der Waals surface area contributed by atoms with Crippen molar-refractivity contribution in [3.8, 4) is 0 Å². The summed E-state index contributed by atoms with van der Waals surface area (Å²) in [5.74, 6) is -0.239. The summed E-state index contributed by atoms with van der Waals surface area (Å²) >= 11 is 0. The molecule has 1 aromatic rings. The maximum Gasteiger partial charge on any atom is 0.227 e. The summed E-state index contributed by atoms with van der Waals surface area (Å²) in [5, 5.41) is 9.18. The van der Waals surface area contributed by atoms with Crippen LogP contribution in [-0.2, 0) is 4.79 Å². The molecule has 1 fully saturated rings. The number of carbonyl (C=O) groups is 1. The SMILES string of the molecule is CC(C(=O)N1CC(O)C1)C(N)c1ccccc1. The van der Waals surface area contributed by atoms with E-state index in [0.29, 0.717) is 13.1 Å². The highest BCUT2D eigenvalue weighted by atomic mass is 16.3. The minimum absolute atomic E-state index is 0.0200. The minimum Gasteiger partial charge on any atom is -0.389 e. The second-order valence-electron chi connectivity index (χ2n) is 4.62. The monoisotopic (exact) mass is 234 g/mol. The Bertz CT molecular complexity index is 388. The lowest BCUT2D eigenvalue weighted by molar-refractivity contribution is -0.145. The predicted molar refractivity (Wildman–Crippen MR) is 65.1 cm³/mol. The van der Waals surface area contributed by atoms with E-state index in [1.165, 1.54) is 0 Å². The van der Waals surface area contributed by atoms with Crippen LogP contribution in [-0.4, -0.2) is 35.1 Å². The molecule has 1 aliphatic heterocycles. The van der Waals surface area contributed by atoms with Gasteiger partial charge in [0.2, 0.25) is 5.91 Å². The summed E-state index contributed by atoms with van der Waals surface area (Å²) in [6.07, 6.45) is -0.362. The van der Waals surface area contributed by atoms with Gasteiger partial charge in [0.25, 0.3) is 0 Å². The van der Waals surface area contributed by atoms with Crippen LogP contribution < -0.4 is 5.73 Å². The number of likely N-dealkylation sites (tertiary alicyclic amines) is 1. The van der Waals surface area contributed by atoms with Crippen LogP contribution in [0.3, 0.4) is 0 Å². The zero-order valence-electron chi connectivity index (χ0n) is 9.91. The van der Waals surface area contributed by atoms with E-state index in [4.69, 9.17) is 5.73 Å². The third-order valence-electron chi connectivity index (χ3n) is 3.29. The van der Waals surface area contributed by atoms with Crippen molar-refractivity contribution in [2.75, 3.05) is 13.1 Å². The third kappa shape index (κ3) is 2.48. The average molecular weight is 234 g/mol. The lowest BCUT2D eigenvalue weighted by Crippen LogP contribution is -2.55. The maximum absolute atomic E-state index is 12.0. The van der Waals surface area contributed by atoms with Gasteiger partial charge in [-0.1, -0.05) is 37.3 Å². The van der Waals surface area contributed by atoms with Gasteiger partial charge in [0.1, 0.15) is 0 Å². The van der Waals surface area contributed by atoms with E-state index in [0.717, 1.165) is 5.56 Å². The number of amides is 1. The molecule has 0 radical (unpaired) electrons. The molecule has 17 heavy (non-hydrogen) atoms. The highest BCUT2D eigenvalue weighted by Crippen LogP contribution is 2.23. The first-order valence-corrected chi connectivity index (χ1v) is 5.87. The van der Waals surface area contributed by atoms with Crippen LogP contribution in [0.2, 0.25) is 0 Å². The number of carbonyl (C=O) groups excluding carboxylic acids is 1. The molecule has 2 atom stereocenters. The van der Waals surface area contributed by atoms with E-state index in [2.05, 4.69) is 0 Å². The van der Waals surface area contributed by atoms with E-state index in [1.807, 2.05) is 37.3 Å². The molecule has 0 saturated carbocycles. The first kappa shape index (κ1) is 12.1. The maximum atomic E-state index is 12.0. The second kappa shape index (κ2) is 4.85. The van der Waals surface area contributed by atoms with Crippen molar-refractivity contribution in [1.82, 2.24) is 4.90 Å². The van der Waals surface area contributed by atoms with Gasteiger partial charge in [-0.15, -0.1) is 0 Å². The highest BCUT2D eigenvalue weighted by molar-refractivity contribution is 5.80. The fraction of sp³-hybridized carbons (Fsp3) is 0.462. The number of β-amino-alcohol motifs (C(OH)–C–C–N with tert-alkyl or cyclic N) is 1. The van der Waals surface area contributed by atoms with Crippen molar-refractivity contribution in [1.29, 1.82) is 0 Å². The van der Waals surface area contributed by atoms with Crippen molar-refractivity contribution in [3.63, 3.8) is 0 Å². The van der Waals surface area contributed by atoms with Gasteiger partial charge >= 0.3 is 0 Å². The van der Waals surface area contributed by atoms with Gasteiger partial charge < -0.3 is 15.7 Å². The Hall–Kier alpha value is -1.39. The van der Waals surface area contributed by atoms with Gasteiger partial charge in [-0.3, -0.25) is 4.79 Å². The molecule has 3 N–H and O–H groups in total. The van der Waals surface area contributed by atoms with Gasteiger partial charge in [0, 0.05) is 19.1 Å². The van der Waals surface area contributed by atoms with Crippen LogP contribution in [0, 0.1) is 5.92 Å². The molecule has 1 aromatic carbocycles. The molecule has 1 saturated heterocycles. The van der Waals surface area contributed by atoms with Gasteiger partial charge in [-0.05, 0) is 5.56 Å². The van der Waals surface area contributed by atoms with Crippen LogP contribution in [0.1, 0.15) is 18.5 Å². The van der Waals surface area contributed by atoms with Crippen LogP contribution >= 0.6 is 0 Å². The van der Waals surface area contributed by atoms with Crippen LogP contribution in [0.15, 0.2) is 30.3 Å². The molecule has 0 aromatic heterocycles. The fourth-order valence-corrected chi connectivity index (χ4v) is 2.04. The van der Waals surface area contributed by atoms with Crippen molar-refractivity contribution in [2.45, 2.75) is 19.1 Å². The van der Waals surface area contributed by atoms with Crippen molar-refractivity contribution >= 4 is 5.91 Å². The Morgan fingerprint density at radius 3 is 2.53 bits per heavy atom. The Kier molecular flexibility index (Phi) is 3.45. The fourth-order valence-electron chi connectivity index (χ4n) is 2.04. The molecule has 1 aliphatic rings. The molecule has 2 rings (SSSR count). The number of nitrogens with two attached hydrogens (primary N) is 1. The molecule has 0 bridgehead atoms. The zero-order chi connectivity index (χ0) is 12.4. The molecular weight excluding hydrogens is 216 g/mol. The number of rotatable bonds is 3. The Morgan fingerprint density at radius 2 is 2.00 bits per heavy atom. The summed E-state index contributed by atoms with van der Waals surface area (Å²) in [6, 6.07) is 9.33. The number of aliphatic hydroxyl groups is 1. The van der Waals surface area contributed by atoms with Gasteiger partial charge in [-0.2, -0.15) is 0 Å². The predicted octanol–water partition coefficient (Wildman–Crippen LogP) is 0.526. The third-order valence-corrected chi connectivity index (χ3v) is 3.29. The highest BCUT2D eigenvalue weighted by Gasteiger charge is 2.33. The smallest absolute Gasteiger partial charge is 0.227 e.